The highest BCUT2D eigenvalue weighted by Crippen LogP contribution is 2.36. The van der Waals surface area contributed by atoms with Crippen LogP contribution >= 0.6 is 0 Å². The zero-order valence-corrected chi connectivity index (χ0v) is 12.9. The van der Waals surface area contributed by atoms with Gasteiger partial charge in [0, 0.05) is 24.9 Å². The van der Waals surface area contributed by atoms with Crippen molar-refractivity contribution in [1.29, 1.82) is 0 Å². The molecule has 1 N–H and O–H groups in total. The van der Waals surface area contributed by atoms with Gasteiger partial charge in [0.2, 0.25) is 0 Å². The standard InChI is InChI=1S/C19H19NO3/c21-18-17-8-7-16(11-15(17)13-22-18)23-19(9-4-10-19)20-12-14-5-2-1-3-6-14/h1-3,5-8,11,20H,4,9-10,12-13H2. The molecule has 0 aromatic heterocycles. The zero-order valence-electron chi connectivity index (χ0n) is 12.9. The Hall–Kier alpha value is -2.33. The van der Waals surface area contributed by atoms with Gasteiger partial charge >= 0.3 is 5.97 Å². The lowest BCUT2D eigenvalue weighted by Crippen LogP contribution is -2.55. The fourth-order valence-corrected chi connectivity index (χ4v) is 3.07. The maximum absolute atomic E-state index is 11.5. The molecule has 4 nitrogen and oxygen atoms in total. The van der Waals surface area contributed by atoms with Crippen molar-refractivity contribution in [2.45, 2.75) is 38.1 Å². The summed E-state index contributed by atoms with van der Waals surface area (Å²) in [4.78, 5) is 11.5. The van der Waals surface area contributed by atoms with Crippen LogP contribution in [-0.4, -0.2) is 11.7 Å². The molecule has 0 bridgehead atoms. The number of cyclic esters (lactones) is 1. The van der Waals surface area contributed by atoms with Crippen LogP contribution in [0.5, 0.6) is 5.75 Å². The normalized spacial score (nSPS) is 18.0. The molecule has 0 atom stereocenters. The molecular formula is C19H19NO3. The van der Waals surface area contributed by atoms with Crippen LogP contribution in [-0.2, 0) is 17.9 Å². The first kappa shape index (κ1) is 14.3. The Morgan fingerprint density at radius 2 is 1.96 bits per heavy atom. The smallest absolute Gasteiger partial charge is 0.338 e. The molecule has 0 amide bonds. The van der Waals surface area contributed by atoms with E-state index < -0.39 is 0 Å². The van der Waals surface area contributed by atoms with Gasteiger partial charge in [-0.05, 0) is 30.2 Å². The van der Waals surface area contributed by atoms with Gasteiger partial charge in [-0.2, -0.15) is 0 Å². The molecule has 1 saturated carbocycles. The summed E-state index contributed by atoms with van der Waals surface area (Å²) >= 11 is 0. The lowest BCUT2D eigenvalue weighted by molar-refractivity contribution is -0.0405. The van der Waals surface area contributed by atoms with Gasteiger partial charge in [0.1, 0.15) is 12.4 Å². The average molecular weight is 309 g/mol. The summed E-state index contributed by atoms with van der Waals surface area (Å²) in [6.45, 7) is 1.13. The third-order valence-electron chi connectivity index (χ3n) is 4.59. The molecule has 1 fully saturated rings. The summed E-state index contributed by atoms with van der Waals surface area (Å²) in [6, 6.07) is 15.9. The third kappa shape index (κ3) is 2.82. The van der Waals surface area contributed by atoms with Crippen LogP contribution in [0, 0.1) is 0 Å². The molecule has 2 aromatic rings. The molecule has 0 unspecified atom stereocenters. The molecule has 1 aliphatic heterocycles. The molecule has 2 aliphatic rings. The highest BCUT2D eigenvalue weighted by atomic mass is 16.5. The molecular weight excluding hydrogens is 290 g/mol. The van der Waals surface area contributed by atoms with Gasteiger partial charge in [-0.15, -0.1) is 0 Å². The fraction of sp³-hybridized carbons (Fsp3) is 0.316. The van der Waals surface area contributed by atoms with Gasteiger partial charge in [-0.3, -0.25) is 5.32 Å². The molecule has 0 saturated heterocycles. The summed E-state index contributed by atoms with van der Waals surface area (Å²) in [5.41, 5.74) is 2.51. The van der Waals surface area contributed by atoms with Gasteiger partial charge in [0.15, 0.2) is 5.72 Å². The van der Waals surface area contributed by atoms with Crippen molar-refractivity contribution in [2.24, 2.45) is 0 Å². The van der Waals surface area contributed by atoms with Crippen molar-refractivity contribution in [1.82, 2.24) is 5.32 Å². The first-order chi connectivity index (χ1) is 11.2. The number of fused-ring (bicyclic) bond motifs is 1. The van der Waals surface area contributed by atoms with Crippen LogP contribution in [0.25, 0.3) is 0 Å². The van der Waals surface area contributed by atoms with E-state index in [2.05, 4.69) is 17.4 Å². The first-order valence-corrected chi connectivity index (χ1v) is 8.02. The second-order valence-electron chi connectivity index (χ2n) is 6.18. The Labute approximate surface area is 135 Å². The van der Waals surface area contributed by atoms with Crippen molar-refractivity contribution < 1.29 is 14.3 Å². The van der Waals surface area contributed by atoms with Crippen LogP contribution < -0.4 is 10.1 Å². The summed E-state index contributed by atoms with van der Waals surface area (Å²) < 4.78 is 11.3. The van der Waals surface area contributed by atoms with E-state index in [1.807, 2.05) is 30.3 Å². The van der Waals surface area contributed by atoms with E-state index in [0.717, 1.165) is 37.1 Å². The molecule has 1 heterocycles. The predicted molar refractivity (Wildman–Crippen MR) is 86.1 cm³/mol. The number of rotatable bonds is 5. The second-order valence-corrected chi connectivity index (χ2v) is 6.18. The number of ether oxygens (including phenoxy) is 2. The monoisotopic (exact) mass is 309 g/mol. The minimum absolute atomic E-state index is 0.243. The Balaban J connectivity index is 1.46. The minimum atomic E-state index is -0.298. The van der Waals surface area contributed by atoms with Gasteiger partial charge < -0.3 is 9.47 Å². The lowest BCUT2D eigenvalue weighted by atomic mass is 9.87. The number of hydrogen-bond acceptors (Lipinski definition) is 4. The van der Waals surface area contributed by atoms with Crippen molar-refractivity contribution in [3.8, 4) is 5.75 Å². The maximum Gasteiger partial charge on any atom is 0.338 e. The van der Waals surface area contributed by atoms with Crippen LogP contribution in [0.3, 0.4) is 0 Å². The van der Waals surface area contributed by atoms with Crippen LogP contribution in [0.2, 0.25) is 0 Å². The largest absolute Gasteiger partial charge is 0.473 e. The number of carbonyl (C=O) groups excluding carboxylic acids is 1. The van der Waals surface area contributed by atoms with E-state index in [0.29, 0.717) is 12.2 Å². The number of nitrogens with one attached hydrogen (secondary N) is 1. The van der Waals surface area contributed by atoms with E-state index >= 15 is 0 Å². The topological polar surface area (TPSA) is 47.6 Å². The fourth-order valence-electron chi connectivity index (χ4n) is 3.07. The molecule has 4 heteroatoms. The van der Waals surface area contributed by atoms with Gasteiger partial charge in [0.05, 0.1) is 5.56 Å². The van der Waals surface area contributed by atoms with Crippen LogP contribution in [0.15, 0.2) is 48.5 Å². The lowest BCUT2D eigenvalue weighted by Gasteiger charge is -2.42. The third-order valence-corrected chi connectivity index (χ3v) is 4.59. The van der Waals surface area contributed by atoms with E-state index in [1.165, 1.54) is 5.56 Å². The molecule has 4 rings (SSSR count). The Morgan fingerprint density at radius 1 is 1.13 bits per heavy atom. The summed E-state index contributed by atoms with van der Waals surface area (Å²) in [6.07, 6.45) is 3.15. The Morgan fingerprint density at radius 3 is 2.70 bits per heavy atom. The van der Waals surface area contributed by atoms with Crippen molar-refractivity contribution in [3.05, 3.63) is 65.2 Å². The molecule has 0 radical (unpaired) electrons. The van der Waals surface area contributed by atoms with Crippen LogP contribution in [0.1, 0.15) is 40.7 Å². The molecule has 0 spiro atoms. The van der Waals surface area contributed by atoms with Gasteiger partial charge in [-0.1, -0.05) is 30.3 Å². The Kier molecular flexibility index (Phi) is 3.54. The number of hydrogen-bond donors (Lipinski definition) is 1. The SMILES string of the molecule is O=C1OCc2cc(OC3(NCc4ccccc4)CCC3)ccc21. The zero-order chi connectivity index (χ0) is 15.7. The molecule has 23 heavy (non-hydrogen) atoms. The number of benzene rings is 2. The van der Waals surface area contributed by atoms with Crippen molar-refractivity contribution in [2.75, 3.05) is 0 Å². The van der Waals surface area contributed by atoms with E-state index in [4.69, 9.17) is 9.47 Å². The van der Waals surface area contributed by atoms with E-state index in [-0.39, 0.29) is 11.7 Å². The van der Waals surface area contributed by atoms with E-state index in [9.17, 15) is 4.79 Å². The highest BCUT2D eigenvalue weighted by Gasteiger charge is 2.39. The van der Waals surface area contributed by atoms with Gasteiger partial charge in [-0.25, -0.2) is 4.79 Å². The summed E-state index contributed by atoms with van der Waals surface area (Å²) in [5, 5.41) is 3.55. The number of esters is 1. The first-order valence-electron chi connectivity index (χ1n) is 8.02. The molecule has 2 aromatic carbocycles. The molecule has 1 aliphatic carbocycles. The van der Waals surface area contributed by atoms with Crippen molar-refractivity contribution >= 4 is 5.97 Å². The predicted octanol–water partition coefficient (Wildman–Crippen LogP) is 3.41. The summed E-state index contributed by atoms with van der Waals surface area (Å²) in [5.74, 6) is 0.550. The number of carbonyl (C=O) groups is 1. The summed E-state index contributed by atoms with van der Waals surface area (Å²) in [7, 11) is 0. The average Bonchev–Trinajstić information content (AvgIpc) is 2.91. The van der Waals surface area contributed by atoms with Gasteiger partial charge in [0.25, 0.3) is 0 Å². The second kappa shape index (κ2) is 5.70. The molecule has 118 valence electrons. The maximum atomic E-state index is 11.5. The van der Waals surface area contributed by atoms with Crippen molar-refractivity contribution in [3.63, 3.8) is 0 Å². The highest BCUT2D eigenvalue weighted by molar-refractivity contribution is 5.93. The minimum Gasteiger partial charge on any atom is -0.473 e. The Bertz CT molecular complexity index is 723. The van der Waals surface area contributed by atoms with Crippen LogP contribution in [0.4, 0.5) is 0 Å². The quantitative estimate of drug-likeness (QED) is 0.679. The van der Waals surface area contributed by atoms with E-state index in [1.54, 1.807) is 6.07 Å².